The molecule has 5 nitrogen and oxygen atoms in total. The summed E-state index contributed by atoms with van der Waals surface area (Å²) in [6, 6.07) is 0. The Morgan fingerprint density at radius 3 is 2.77 bits per heavy atom. The maximum absolute atomic E-state index is 13.4. The largest absolute Gasteiger partial charge is 0.393 e. The first-order chi connectivity index (χ1) is 14.7. The number of Topliss-reactive ketones (excluding diaryl/α,β-unsaturated/α-hetero) is 1. The van der Waals surface area contributed by atoms with Crippen molar-refractivity contribution in [3.05, 3.63) is 23.8 Å². The molecule has 6 unspecified atom stereocenters. The van der Waals surface area contributed by atoms with Crippen LogP contribution in [0.1, 0.15) is 65.7 Å². The lowest BCUT2D eigenvalue weighted by atomic mass is 9.44. The highest BCUT2D eigenvalue weighted by Crippen LogP contribution is 2.72. The number of ketones is 2. The Bertz CT molecular complexity index is 860. The number of aliphatic hydroxyl groups is 2. The molecule has 1 aliphatic heterocycles. The van der Waals surface area contributed by atoms with Crippen LogP contribution < -0.4 is 0 Å². The maximum atomic E-state index is 13.4. The molecule has 0 aromatic carbocycles. The van der Waals surface area contributed by atoms with Gasteiger partial charge in [0.1, 0.15) is 6.61 Å². The van der Waals surface area contributed by atoms with Crippen LogP contribution in [0.15, 0.2) is 23.8 Å². The van der Waals surface area contributed by atoms with Crippen molar-refractivity contribution in [2.24, 2.45) is 34.0 Å². The van der Waals surface area contributed by atoms with Crippen LogP contribution in [0, 0.1) is 34.0 Å². The van der Waals surface area contributed by atoms with Crippen LogP contribution in [0.5, 0.6) is 0 Å². The van der Waals surface area contributed by atoms with Crippen LogP contribution in [0.2, 0.25) is 0 Å². The summed E-state index contributed by atoms with van der Waals surface area (Å²) in [5.74, 6) is 0.530. The van der Waals surface area contributed by atoms with E-state index in [9.17, 15) is 19.8 Å². The van der Waals surface area contributed by atoms with Crippen LogP contribution in [0.25, 0.3) is 0 Å². The van der Waals surface area contributed by atoms with E-state index in [0.29, 0.717) is 12.8 Å². The average molecular weight is 429 g/mol. The number of hydrogen-bond donors (Lipinski definition) is 2. The standard InChI is InChI=1S/C26H36O5/c1-4-5-17-12-26(21(30)14-27)22(31-17)11-19-18-7-6-15-10-16(28)8-9-24(15,2)23(18)20(29)13-25(19,26)3/h8-10,17-20,22-23,27,29H,4-7,11-14H2,1-3H3/t17?,18?,19?,20-,22+,23?,24?,25?,26-/m0/s1. The lowest BCUT2D eigenvalue weighted by Crippen LogP contribution is -2.59. The van der Waals surface area contributed by atoms with Gasteiger partial charge >= 0.3 is 0 Å². The summed E-state index contributed by atoms with van der Waals surface area (Å²) in [5.41, 5.74) is -0.253. The summed E-state index contributed by atoms with van der Waals surface area (Å²) in [6.45, 7) is 6.04. The molecule has 5 heteroatoms. The van der Waals surface area contributed by atoms with Gasteiger partial charge in [-0.05, 0) is 67.9 Å². The molecule has 9 atom stereocenters. The lowest BCUT2D eigenvalue weighted by Gasteiger charge is -2.60. The van der Waals surface area contributed by atoms with E-state index in [4.69, 9.17) is 4.74 Å². The molecule has 2 N–H and O–H groups in total. The average Bonchev–Trinajstić information content (AvgIpc) is 3.20. The molecule has 170 valence electrons. The smallest absolute Gasteiger partial charge is 0.178 e. The van der Waals surface area contributed by atoms with Crippen molar-refractivity contribution in [1.29, 1.82) is 0 Å². The zero-order chi connectivity index (χ0) is 22.2. The summed E-state index contributed by atoms with van der Waals surface area (Å²) < 4.78 is 6.49. The molecule has 1 saturated heterocycles. The molecule has 1 heterocycles. The Hall–Kier alpha value is -1.30. The van der Waals surface area contributed by atoms with E-state index in [1.165, 1.54) is 0 Å². The van der Waals surface area contributed by atoms with Gasteiger partial charge in [-0.15, -0.1) is 0 Å². The predicted molar refractivity (Wildman–Crippen MR) is 116 cm³/mol. The second-order valence-electron chi connectivity index (χ2n) is 11.2. The number of fused-ring (bicyclic) bond motifs is 7. The van der Waals surface area contributed by atoms with Gasteiger partial charge in [-0.25, -0.2) is 0 Å². The molecule has 4 fully saturated rings. The fourth-order valence-corrected chi connectivity index (χ4v) is 8.84. The third-order valence-corrected chi connectivity index (χ3v) is 10.1. The highest BCUT2D eigenvalue weighted by atomic mass is 16.5. The van der Waals surface area contributed by atoms with Gasteiger partial charge in [0.25, 0.3) is 0 Å². The monoisotopic (exact) mass is 428 g/mol. The van der Waals surface area contributed by atoms with E-state index in [0.717, 1.165) is 37.7 Å². The van der Waals surface area contributed by atoms with E-state index in [2.05, 4.69) is 20.8 Å². The molecular formula is C26H36O5. The first-order valence-electron chi connectivity index (χ1n) is 12.1. The zero-order valence-electron chi connectivity index (χ0n) is 19.0. The Labute approximate surface area is 184 Å². The molecule has 5 aliphatic rings. The second-order valence-corrected chi connectivity index (χ2v) is 11.2. The van der Waals surface area contributed by atoms with E-state index in [-0.39, 0.29) is 52.4 Å². The normalized spacial score (nSPS) is 50.4. The van der Waals surface area contributed by atoms with Gasteiger partial charge < -0.3 is 14.9 Å². The number of allylic oxidation sites excluding steroid dienone is 4. The Balaban J connectivity index is 1.55. The number of hydrogen-bond acceptors (Lipinski definition) is 5. The fraction of sp³-hybridized carbons (Fsp3) is 0.769. The first-order valence-corrected chi connectivity index (χ1v) is 12.1. The van der Waals surface area contributed by atoms with Crippen molar-refractivity contribution in [2.45, 2.75) is 84.0 Å². The summed E-state index contributed by atoms with van der Waals surface area (Å²) in [7, 11) is 0. The van der Waals surface area contributed by atoms with Gasteiger partial charge in [-0.3, -0.25) is 9.59 Å². The van der Waals surface area contributed by atoms with Gasteiger partial charge in [0.2, 0.25) is 0 Å². The third kappa shape index (κ3) is 2.66. The zero-order valence-corrected chi connectivity index (χ0v) is 19.0. The van der Waals surface area contributed by atoms with Gasteiger partial charge in [0.05, 0.1) is 23.7 Å². The number of rotatable bonds is 4. The fourth-order valence-electron chi connectivity index (χ4n) is 8.84. The van der Waals surface area contributed by atoms with E-state index < -0.39 is 18.1 Å². The predicted octanol–water partition coefficient (Wildman–Crippen LogP) is 3.38. The molecule has 3 saturated carbocycles. The number of carbonyl (C=O) groups excluding carboxylic acids is 2. The van der Waals surface area contributed by atoms with E-state index >= 15 is 0 Å². The molecule has 0 aromatic heterocycles. The second kappa shape index (κ2) is 7.10. The third-order valence-electron chi connectivity index (χ3n) is 10.1. The molecule has 4 aliphatic carbocycles. The topological polar surface area (TPSA) is 83.8 Å². The van der Waals surface area contributed by atoms with Gasteiger partial charge in [-0.2, -0.15) is 0 Å². The molecule has 31 heavy (non-hydrogen) atoms. The van der Waals surface area contributed by atoms with Crippen LogP contribution in [-0.2, 0) is 14.3 Å². The summed E-state index contributed by atoms with van der Waals surface area (Å²) in [6.07, 6.45) is 10.6. The van der Waals surface area contributed by atoms with Crippen molar-refractivity contribution in [1.82, 2.24) is 0 Å². The molecular weight excluding hydrogens is 392 g/mol. The Morgan fingerprint density at radius 1 is 1.29 bits per heavy atom. The minimum absolute atomic E-state index is 0.0410. The number of aliphatic hydroxyl groups excluding tert-OH is 2. The van der Waals surface area contributed by atoms with Crippen molar-refractivity contribution >= 4 is 11.6 Å². The van der Waals surface area contributed by atoms with E-state index in [1.807, 2.05) is 6.08 Å². The molecule has 0 aromatic rings. The Kier molecular flexibility index (Phi) is 4.93. The molecule has 0 spiro atoms. The molecule has 0 radical (unpaired) electrons. The van der Waals surface area contributed by atoms with E-state index in [1.54, 1.807) is 12.2 Å². The highest BCUT2D eigenvalue weighted by molar-refractivity contribution is 6.01. The summed E-state index contributed by atoms with van der Waals surface area (Å²) in [4.78, 5) is 25.4. The summed E-state index contributed by atoms with van der Waals surface area (Å²) >= 11 is 0. The van der Waals surface area contributed by atoms with Crippen LogP contribution in [0.4, 0.5) is 0 Å². The summed E-state index contributed by atoms with van der Waals surface area (Å²) in [5, 5.41) is 21.5. The molecule has 0 amide bonds. The van der Waals surface area contributed by atoms with Crippen molar-refractivity contribution < 1.29 is 24.5 Å². The first kappa shape index (κ1) is 21.5. The number of carbonyl (C=O) groups is 2. The molecule has 5 rings (SSSR count). The molecule has 0 bridgehead atoms. The van der Waals surface area contributed by atoms with Crippen molar-refractivity contribution in [3.63, 3.8) is 0 Å². The van der Waals surface area contributed by atoms with Crippen LogP contribution in [-0.4, -0.2) is 46.7 Å². The van der Waals surface area contributed by atoms with Gasteiger partial charge in [0, 0.05) is 11.3 Å². The van der Waals surface area contributed by atoms with Crippen LogP contribution >= 0.6 is 0 Å². The van der Waals surface area contributed by atoms with Gasteiger partial charge in [0.15, 0.2) is 11.6 Å². The minimum atomic E-state index is -0.701. The van der Waals surface area contributed by atoms with Crippen LogP contribution in [0.3, 0.4) is 0 Å². The quantitative estimate of drug-likeness (QED) is 0.717. The van der Waals surface area contributed by atoms with Crippen molar-refractivity contribution in [3.8, 4) is 0 Å². The SMILES string of the molecule is CCCC1C[C@]2(C(=O)CO)[C@@H](CC3C4CCC5=CC(=O)C=CC5(C)C4[C@@H](O)CC32C)O1. The maximum Gasteiger partial charge on any atom is 0.178 e. The Morgan fingerprint density at radius 2 is 2.06 bits per heavy atom. The minimum Gasteiger partial charge on any atom is -0.393 e. The van der Waals surface area contributed by atoms with Gasteiger partial charge in [-0.1, -0.05) is 38.8 Å². The number of ether oxygens (including phenoxy) is 1. The lowest BCUT2D eigenvalue weighted by molar-refractivity contribution is -0.159. The van der Waals surface area contributed by atoms with Crippen molar-refractivity contribution in [2.75, 3.05) is 6.61 Å². The highest BCUT2D eigenvalue weighted by Gasteiger charge is 2.74.